The van der Waals surface area contributed by atoms with Gasteiger partial charge in [-0.15, -0.1) is 0 Å². The Morgan fingerprint density at radius 1 is 1.07 bits per heavy atom. The fourth-order valence-electron chi connectivity index (χ4n) is 2.63. The third-order valence-corrected chi connectivity index (χ3v) is 6.00. The summed E-state index contributed by atoms with van der Waals surface area (Å²) in [6, 6.07) is 11.4. The van der Waals surface area contributed by atoms with Crippen molar-refractivity contribution < 1.29 is 26.4 Å². The first kappa shape index (κ1) is 22.9. The van der Waals surface area contributed by atoms with E-state index in [4.69, 9.17) is 0 Å². The molecule has 2 rings (SSSR count). The summed E-state index contributed by atoms with van der Waals surface area (Å²) in [6.07, 6.45) is -4.18. The average molecular weight is 428 g/mol. The van der Waals surface area contributed by atoms with Gasteiger partial charge in [0.2, 0.25) is 15.9 Å². The first-order valence-electron chi connectivity index (χ1n) is 9.06. The standard InChI is InChI=1S/C20H23F3N2O3S/c1-3-14(2)18(19(26)24-13-15-8-5-4-6-9-15)25-29(27,28)17-11-7-10-16(12-17)20(21,22)23/h4-12,14,18,25H,3,13H2,1-2H3,(H,24,26)/t14-,18-/m0/s1. The molecule has 29 heavy (non-hydrogen) atoms. The zero-order valence-electron chi connectivity index (χ0n) is 16.0. The number of alkyl halides is 3. The molecule has 158 valence electrons. The van der Waals surface area contributed by atoms with Crippen molar-refractivity contribution in [3.63, 3.8) is 0 Å². The molecule has 1 amide bonds. The lowest BCUT2D eigenvalue weighted by Crippen LogP contribution is -2.49. The van der Waals surface area contributed by atoms with E-state index in [1.807, 2.05) is 30.3 Å². The molecular weight excluding hydrogens is 405 g/mol. The minimum atomic E-state index is -4.67. The van der Waals surface area contributed by atoms with E-state index < -0.39 is 38.6 Å². The smallest absolute Gasteiger partial charge is 0.351 e. The maximum absolute atomic E-state index is 12.9. The van der Waals surface area contributed by atoms with Crippen LogP contribution >= 0.6 is 0 Å². The first-order valence-corrected chi connectivity index (χ1v) is 10.5. The molecule has 0 aliphatic heterocycles. The summed E-state index contributed by atoms with van der Waals surface area (Å²) in [5.41, 5.74) is -0.238. The summed E-state index contributed by atoms with van der Waals surface area (Å²) >= 11 is 0. The van der Waals surface area contributed by atoms with Crippen molar-refractivity contribution >= 4 is 15.9 Å². The Hall–Kier alpha value is -2.39. The van der Waals surface area contributed by atoms with E-state index in [9.17, 15) is 26.4 Å². The van der Waals surface area contributed by atoms with Gasteiger partial charge in [0.05, 0.1) is 10.5 Å². The van der Waals surface area contributed by atoms with Crippen LogP contribution in [-0.2, 0) is 27.5 Å². The second-order valence-electron chi connectivity index (χ2n) is 6.71. The van der Waals surface area contributed by atoms with Gasteiger partial charge in [-0.25, -0.2) is 8.42 Å². The zero-order valence-corrected chi connectivity index (χ0v) is 16.8. The fraction of sp³-hybridized carbons (Fsp3) is 0.350. The van der Waals surface area contributed by atoms with Gasteiger partial charge in [0, 0.05) is 6.54 Å². The molecule has 2 N–H and O–H groups in total. The number of hydrogen-bond donors (Lipinski definition) is 2. The van der Waals surface area contributed by atoms with E-state index in [0.717, 1.165) is 23.8 Å². The predicted molar refractivity (Wildman–Crippen MR) is 103 cm³/mol. The topological polar surface area (TPSA) is 75.3 Å². The molecule has 0 radical (unpaired) electrons. The Morgan fingerprint density at radius 3 is 2.31 bits per heavy atom. The molecule has 0 spiro atoms. The molecule has 0 bridgehead atoms. The molecular formula is C20H23F3N2O3S. The molecule has 2 aromatic rings. The van der Waals surface area contributed by atoms with Gasteiger partial charge in [-0.05, 0) is 29.7 Å². The highest BCUT2D eigenvalue weighted by Crippen LogP contribution is 2.30. The van der Waals surface area contributed by atoms with Gasteiger partial charge in [0.15, 0.2) is 0 Å². The molecule has 0 aliphatic rings. The van der Waals surface area contributed by atoms with E-state index >= 15 is 0 Å². The number of rotatable bonds is 8. The molecule has 2 aromatic carbocycles. The molecule has 0 saturated carbocycles. The number of carbonyl (C=O) groups excluding carboxylic acids is 1. The van der Waals surface area contributed by atoms with Crippen molar-refractivity contribution in [2.45, 2.75) is 43.9 Å². The Balaban J connectivity index is 2.21. The number of hydrogen-bond acceptors (Lipinski definition) is 3. The highest BCUT2D eigenvalue weighted by atomic mass is 32.2. The normalized spacial score (nSPS) is 14.2. The van der Waals surface area contributed by atoms with Crippen LogP contribution in [-0.4, -0.2) is 20.4 Å². The van der Waals surface area contributed by atoms with Gasteiger partial charge >= 0.3 is 6.18 Å². The van der Waals surface area contributed by atoms with Gasteiger partial charge in [-0.1, -0.05) is 56.7 Å². The minimum Gasteiger partial charge on any atom is -0.351 e. The highest BCUT2D eigenvalue weighted by Gasteiger charge is 2.33. The highest BCUT2D eigenvalue weighted by molar-refractivity contribution is 7.89. The fourth-order valence-corrected chi connectivity index (χ4v) is 3.98. The van der Waals surface area contributed by atoms with Gasteiger partial charge in [0.25, 0.3) is 0 Å². The monoisotopic (exact) mass is 428 g/mol. The molecule has 5 nitrogen and oxygen atoms in total. The second kappa shape index (κ2) is 9.41. The van der Waals surface area contributed by atoms with E-state index in [1.54, 1.807) is 13.8 Å². The van der Waals surface area contributed by atoms with Crippen LogP contribution in [0.15, 0.2) is 59.5 Å². The predicted octanol–water partition coefficient (Wildman–Crippen LogP) is 3.71. The van der Waals surface area contributed by atoms with Crippen molar-refractivity contribution in [3.05, 3.63) is 65.7 Å². The third-order valence-electron chi connectivity index (χ3n) is 4.56. The van der Waals surface area contributed by atoms with Crippen LogP contribution in [0.5, 0.6) is 0 Å². The molecule has 0 aliphatic carbocycles. The van der Waals surface area contributed by atoms with Crippen LogP contribution < -0.4 is 10.0 Å². The summed E-state index contributed by atoms with van der Waals surface area (Å²) in [5.74, 6) is -0.912. The molecule has 0 aromatic heterocycles. The largest absolute Gasteiger partial charge is 0.416 e. The Morgan fingerprint density at radius 2 is 1.72 bits per heavy atom. The van der Waals surface area contributed by atoms with Crippen LogP contribution in [0.4, 0.5) is 13.2 Å². The second-order valence-corrected chi connectivity index (χ2v) is 8.43. The summed E-state index contributed by atoms with van der Waals surface area (Å²) in [7, 11) is -4.34. The van der Waals surface area contributed by atoms with Gasteiger partial charge in [0.1, 0.15) is 6.04 Å². The van der Waals surface area contributed by atoms with Crippen LogP contribution in [0.1, 0.15) is 31.4 Å². The van der Waals surface area contributed by atoms with E-state index in [2.05, 4.69) is 10.0 Å². The number of carbonyl (C=O) groups is 1. The first-order chi connectivity index (χ1) is 13.5. The molecule has 9 heteroatoms. The molecule has 0 unspecified atom stereocenters. The molecule has 0 fully saturated rings. The Kier molecular flexibility index (Phi) is 7.43. The van der Waals surface area contributed by atoms with Crippen LogP contribution in [0, 0.1) is 5.92 Å². The van der Waals surface area contributed by atoms with Crippen molar-refractivity contribution in [2.24, 2.45) is 5.92 Å². The molecule has 2 atom stereocenters. The van der Waals surface area contributed by atoms with E-state index in [1.165, 1.54) is 0 Å². The maximum Gasteiger partial charge on any atom is 0.416 e. The summed E-state index contributed by atoms with van der Waals surface area (Å²) in [4.78, 5) is 12.1. The SMILES string of the molecule is CC[C@H](C)[C@H](NS(=O)(=O)c1cccc(C(F)(F)F)c1)C(=O)NCc1ccccc1. The number of sulfonamides is 1. The van der Waals surface area contributed by atoms with Crippen LogP contribution in [0.3, 0.4) is 0 Å². The van der Waals surface area contributed by atoms with E-state index in [-0.39, 0.29) is 12.5 Å². The Bertz CT molecular complexity index is 931. The molecule has 0 heterocycles. The number of benzene rings is 2. The Labute approximate surface area is 168 Å². The third kappa shape index (κ3) is 6.30. The summed E-state index contributed by atoms with van der Waals surface area (Å²) in [5, 5.41) is 2.68. The lowest BCUT2D eigenvalue weighted by Gasteiger charge is -2.23. The maximum atomic E-state index is 12.9. The van der Waals surface area contributed by atoms with E-state index in [0.29, 0.717) is 12.5 Å². The number of nitrogens with one attached hydrogen (secondary N) is 2. The molecule has 0 saturated heterocycles. The van der Waals surface area contributed by atoms with Gasteiger partial charge < -0.3 is 5.32 Å². The zero-order chi connectivity index (χ0) is 21.7. The van der Waals surface area contributed by atoms with Gasteiger partial charge in [-0.2, -0.15) is 17.9 Å². The summed E-state index contributed by atoms with van der Waals surface area (Å²) < 4.78 is 66.3. The average Bonchev–Trinajstić information content (AvgIpc) is 2.70. The lowest BCUT2D eigenvalue weighted by molar-refractivity contribution is -0.137. The van der Waals surface area contributed by atoms with Crippen LogP contribution in [0.25, 0.3) is 0 Å². The van der Waals surface area contributed by atoms with Crippen molar-refractivity contribution in [3.8, 4) is 0 Å². The summed E-state index contributed by atoms with van der Waals surface area (Å²) in [6.45, 7) is 3.69. The lowest BCUT2D eigenvalue weighted by atomic mass is 9.99. The number of halogens is 3. The van der Waals surface area contributed by atoms with Crippen molar-refractivity contribution in [1.29, 1.82) is 0 Å². The van der Waals surface area contributed by atoms with Crippen molar-refractivity contribution in [2.75, 3.05) is 0 Å². The van der Waals surface area contributed by atoms with Gasteiger partial charge in [-0.3, -0.25) is 4.79 Å². The minimum absolute atomic E-state index is 0.206. The number of amides is 1. The van der Waals surface area contributed by atoms with Crippen molar-refractivity contribution in [1.82, 2.24) is 10.0 Å². The quantitative estimate of drug-likeness (QED) is 0.673. The van der Waals surface area contributed by atoms with Crippen LogP contribution in [0.2, 0.25) is 0 Å².